The number of sulfonamides is 1. The number of anilines is 1. The molecule has 0 aliphatic carbocycles. The molecule has 5 N–H and O–H groups in total. The molecule has 1 fully saturated rings. The summed E-state index contributed by atoms with van der Waals surface area (Å²) in [4.78, 5) is 6.27. The number of hydrogen-bond acceptors (Lipinski definition) is 9. The highest BCUT2D eigenvalue weighted by atomic mass is 32.2. The molecule has 11 heteroatoms. The SMILES string of the molecule is C/C(=C(/C#N)S(=O)(=O)N[C@H]1NO[C@H](CO)[C@@H](O)[C@@H]1O)c1ccc(N(C)C)cc1. The zero-order chi connectivity index (χ0) is 21.1. The first kappa shape index (κ1) is 22.3. The molecule has 2 rings (SSSR count). The Balaban J connectivity index is 2.29. The average molecular weight is 412 g/mol. The van der Waals surface area contributed by atoms with E-state index < -0.39 is 46.0 Å². The van der Waals surface area contributed by atoms with Crippen molar-refractivity contribution in [2.24, 2.45) is 0 Å². The molecule has 28 heavy (non-hydrogen) atoms. The first-order valence-corrected chi connectivity index (χ1v) is 9.90. The quantitative estimate of drug-likeness (QED) is 0.365. The summed E-state index contributed by atoms with van der Waals surface area (Å²) in [7, 11) is -0.608. The third-order valence-corrected chi connectivity index (χ3v) is 5.91. The van der Waals surface area contributed by atoms with Crippen molar-refractivity contribution in [3.8, 4) is 6.07 Å². The average Bonchev–Trinajstić information content (AvgIpc) is 2.66. The maximum Gasteiger partial charge on any atom is 0.252 e. The summed E-state index contributed by atoms with van der Waals surface area (Å²) in [5, 5.41) is 38.4. The standard InChI is InChI=1S/C17H24N4O6S/c1-10(11-4-6-12(7-5-11)21(2)3)14(8-18)28(25,26)20-17-16(24)15(23)13(9-22)27-19-17/h4-7,13,15-17,19-20,22-24H,9H2,1-3H3/b14-10+/t13-,15-,16+,17-/m1/s1. The maximum atomic E-state index is 12.7. The number of nitrogens with zero attached hydrogens (tertiary/aromatic N) is 2. The number of nitriles is 1. The summed E-state index contributed by atoms with van der Waals surface area (Å²) in [5.74, 6) is 0. The van der Waals surface area contributed by atoms with Crippen molar-refractivity contribution in [1.82, 2.24) is 10.2 Å². The van der Waals surface area contributed by atoms with Gasteiger partial charge in [0.25, 0.3) is 10.0 Å². The molecule has 0 unspecified atom stereocenters. The van der Waals surface area contributed by atoms with Crippen LogP contribution in [0.4, 0.5) is 5.69 Å². The van der Waals surface area contributed by atoms with Gasteiger partial charge in [0.2, 0.25) is 0 Å². The third kappa shape index (κ3) is 4.68. The van der Waals surface area contributed by atoms with Crippen molar-refractivity contribution in [3.05, 3.63) is 34.7 Å². The molecule has 10 nitrogen and oxygen atoms in total. The van der Waals surface area contributed by atoms with Gasteiger partial charge < -0.3 is 20.2 Å². The molecule has 1 aromatic carbocycles. The number of nitrogens with one attached hydrogen (secondary N) is 2. The third-order valence-electron chi connectivity index (χ3n) is 4.41. The molecule has 0 radical (unpaired) electrons. The fourth-order valence-electron chi connectivity index (χ4n) is 2.67. The summed E-state index contributed by atoms with van der Waals surface area (Å²) >= 11 is 0. The Morgan fingerprint density at radius 3 is 2.39 bits per heavy atom. The lowest BCUT2D eigenvalue weighted by Crippen LogP contribution is -2.65. The molecule has 1 heterocycles. The Bertz CT molecular complexity index is 863. The number of hydroxylamine groups is 1. The minimum absolute atomic E-state index is 0.223. The van der Waals surface area contributed by atoms with Gasteiger partial charge in [-0.3, -0.25) is 4.84 Å². The van der Waals surface area contributed by atoms with Crippen LogP contribution in [0.3, 0.4) is 0 Å². The summed E-state index contributed by atoms with van der Waals surface area (Å²) in [5.41, 5.74) is 3.91. The molecule has 1 aromatic rings. The van der Waals surface area contributed by atoms with Gasteiger partial charge in [-0.05, 0) is 30.2 Å². The first-order valence-electron chi connectivity index (χ1n) is 8.41. The van der Waals surface area contributed by atoms with Gasteiger partial charge in [0.1, 0.15) is 30.5 Å². The van der Waals surface area contributed by atoms with Crippen LogP contribution in [-0.2, 0) is 14.9 Å². The van der Waals surface area contributed by atoms with Crippen molar-refractivity contribution in [1.29, 1.82) is 5.26 Å². The van der Waals surface area contributed by atoms with E-state index in [-0.39, 0.29) is 5.57 Å². The van der Waals surface area contributed by atoms with E-state index in [2.05, 4.69) is 10.2 Å². The second-order valence-electron chi connectivity index (χ2n) is 6.54. The van der Waals surface area contributed by atoms with Crippen LogP contribution in [-0.4, -0.2) is 68.9 Å². The van der Waals surface area contributed by atoms with Gasteiger partial charge >= 0.3 is 0 Å². The lowest BCUT2D eigenvalue weighted by molar-refractivity contribution is -0.204. The normalized spacial score (nSPS) is 26.3. The van der Waals surface area contributed by atoms with E-state index in [1.807, 2.05) is 19.0 Å². The van der Waals surface area contributed by atoms with Crippen molar-refractivity contribution < 1.29 is 28.6 Å². The topological polar surface area (TPSA) is 155 Å². The number of rotatable bonds is 6. The zero-order valence-corrected chi connectivity index (χ0v) is 16.5. The van der Waals surface area contributed by atoms with Crippen LogP contribution in [0.5, 0.6) is 0 Å². The van der Waals surface area contributed by atoms with Gasteiger partial charge in [0, 0.05) is 19.8 Å². The molecule has 1 aliphatic heterocycles. The van der Waals surface area contributed by atoms with Gasteiger partial charge in [-0.25, -0.2) is 8.42 Å². The van der Waals surface area contributed by atoms with E-state index in [0.29, 0.717) is 5.56 Å². The predicted octanol–water partition coefficient (Wildman–Crippen LogP) is -1.13. The van der Waals surface area contributed by atoms with E-state index in [1.165, 1.54) is 6.92 Å². The molecule has 154 valence electrons. The Morgan fingerprint density at radius 2 is 1.89 bits per heavy atom. The first-order chi connectivity index (χ1) is 13.1. The predicted molar refractivity (Wildman–Crippen MR) is 102 cm³/mol. The van der Waals surface area contributed by atoms with Crippen LogP contribution in [0.15, 0.2) is 29.2 Å². The highest BCUT2D eigenvalue weighted by Gasteiger charge is 2.40. The van der Waals surface area contributed by atoms with E-state index in [0.717, 1.165) is 5.69 Å². The Kier molecular flexibility index (Phi) is 7.13. The Hall–Kier alpha value is -2.04. The highest BCUT2D eigenvalue weighted by Crippen LogP contribution is 2.24. The number of benzene rings is 1. The number of hydrogen-bond donors (Lipinski definition) is 5. The van der Waals surface area contributed by atoms with Crippen molar-refractivity contribution in [3.63, 3.8) is 0 Å². The van der Waals surface area contributed by atoms with Gasteiger partial charge in [0.15, 0.2) is 4.91 Å². The summed E-state index contributed by atoms with van der Waals surface area (Å²) < 4.78 is 27.5. The fourth-order valence-corrected chi connectivity index (χ4v) is 3.95. The Morgan fingerprint density at radius 1 is 1.29 bits per heavy atom. The van der Waals surface area contributed by atoms with Crippen LogP contribution >= 0.6 is 0 Å². The lowest BCUT2D eigenvalue weighted by Gasteiger charge is -2.37. The van der Waals surface area contributed by atoms with Gasteiger partial charge in [-0.15, -0.1) is 0 Å². The van der Waals surface area contributed by atoms with Gasteiger partial charge in [-0.1, -0.05) is 12.1 Å². The zero-order valence-electron chi connectivity index (χ0n) is 15.7. The van der Waals surface area contributed by atoms with Crippen LogP contribution in [0.2, 0.25) is 0 Å². The second kappa shape index (κ2) is 8.97. The minimum Gasteiger partial charge on any atom is -0.393 e. The molecular weight excluding hydrogens is 388 g/mol. The number of allylic oxidation sites excluding steroid dienone is 2. The lowest BCUT2D eigenvalue weighted by atomic mass is 10.1. The van der Waals surface area contributed by atoms with Crippen LogP contribution in [0.1, 0.15) is 12.5 Å². The molecule has 1 aliphatic rings. The van der Waals surface area contributed by atoms with Crippen molar-refractivity contribution in [2.45, 2.75) is 31.4 Å². The second-order valence-corrected chi connectivity index (χ2v) is 8.19. The van der Waals surface area contributed by atoms with Crippen LogP contribution < -0.4 is 15.1 Å². The summed E-state index contributed by atoms with van der Waals surface area (Å²) in [6, 6.07) is 8.66. The number of aliphatic hydroxyl groups excluding tert-OH is 3. The monoisotopic (exact) mass is 412 g/mol. The van der Waals surface area contributed by atoms with Gasteiger partial charge in [-0.2, -0.15) is 15.5 Å². The molecule has 0 spiro atoms. The largest absolute Gasteiger partial charge is 0.393 e. The summed E-state index contributed by atoms with van der Waals surface area (Å²) in [6.45, 7) is 0.927. The van der Waals surface area contributed by atoms with Crippen LogP contribution in [0, 0.1) is 11.3 Å². The molecule has 1 saturated heterocycles. The Labute approximate surface area is 163 Å². The van der Waals surface area contributed by atoms with E-state index in [9.17, 15) is 23.9 Å². The smallest absolute Gasteiger partial charge is 0.252 e. The number of aliphatic hydroxyl groups is 3. The molecule has 0 saturated carbocycles. The molecule has 0 amide bonds. The minimum atomic E-state index is -4.34. The molecule has 0 bridgehead atoms. The van der Waals surface area contributed by atoms with E-state index in [1.54, 1.807) is 30.3 Å². The fraction of sp³-hybridized carbons (Fsp3) is 0.471. The highest BCUT2D eigenvalue weighted by molar-refractivity contribution is 7.93. The molecular formula is C17H24N4O6S. The van der Waals surface area contributed by atoms with E-state index >= 15 is 0 Å². The van der Waals surface area contributed by atoms with Gasteiger partial charge in [0.05, 0.1) is 6.61 Å². The summed E-state index contributed by atoms with van der Waals surface area (Å²) in [6.07, 6.45) is -5.64. The van der Waals surface area contributed by atoms with Crippen molar-refractivity contribution in [2.75, 3.05) is 25.6 Å². The molecule has 0 aromatic heterocycles. The van der Waals surface area contributed by atoms with Crippen molar-refractivity contribution >= 4 is 21.3 Å². The molecule has 4 atom stereocenters. The maximum absolute atomic E-state index is 12.7. The van der Waals surface area contributed by atoms with Crippen LogP contribution in [0.25, 0.3) is 5.57 Å². The van der Waals surface area contributed by atoms with E-state index in [4.69, 9.17) is 9.94 Å².